The van der Waals surface area contributed by atoms with Gasteiger partial charge in [0.05, 0.1) is 0 Å². The Hall–Kier alpha value is -1.02. The van der Waals surface area contributed by atoms with Crippen LogP contribution in [0.25, 0.3) is 0 Å². The summed E-state index contributed by atoms with van der Waals surface area (Å²) >= 11 is 0. The summed E-state index contributed by atoms with van der Waals surface area (Å²) in [5.41, 5.74) is 8.14. The first kappa shape index (κ1) is 13.0. The fourth-order valence-corrected chi connectivity index (χ4v) is 4.03. The summed E-state index contributed by atoms with van der Waals surface area (Å²) in [4.78, 5) is 2.76. The average Bonchev–Trinajstić information content (AvgIpc) is 2.45. The van der Waals surface area contributed by atoms with Gasteiger partial charge in [0.1, 0.15) is 0 Å². The zero-order chi connectivity index (χ0) is 13.1. The van der Waals surface area contributed by atoms with Gasteiger partial charge in [-0.15, -0.1) is 0 Å². The Bertz CT molecular complexity index is 413. The minimum atomic E-state index is 0.878. The van der Waals surface area contributed by atoms with Crippen molar-refractivity contribution in [2.45, 2.75) is 51.0 Å². The number of nitrogens with zero attached hydrogens (tertiary/aromatic N) is 1. The summed E-state index contributed by atoms with van der Waals surface area (Å²) in [5.74, 6) is 0.989. The first-order valence-corrected chi connectivity index (χ1v) is 7.91. The van der Waals surface area contributed by atoms with Crippen LogP contribution in [-0.4, -0.2) is 24.0 Å². The highest BCUT2D eigenvalue weighted by atomic mass is 15.2. The summed E-state index contributed by atoms with van der Waals surface area (Å²) in [6.07, 6.45) is 9.83. The van der Waals surface area contributed by atoms with Crippen LogP contribution in [0.5, 0.6) is 0 Å². The van der Waals surface area contributed by atoms with E-state index in [4.69, 9.17) is 5.73 Å². The Balaban J connectivity index is 1.59. The van der Waals surface area contributed by atoms with Crippen LogP contribution < -0.4 is 5.73 Å². The van der Waals surface area contributed by atoms with Crippen LogP contribution in [0.2, 0.25) is 0 Å². The molecule has 104 valence electrons. The molecule has 2 unspecified atom stereocenters. The second kappa shape index (κ2) is 5.96. The minimum Gasteiger partial charge on any atom is -0.399 e. The molecule has 2 N–H and O–H groups in total. The van der Waals surface area contributed by atoms with Crippen LogP contribution in [-0.2, 0) is 6.42 Å². The molecule has 2 nitrogen and oxygen atoms in total. The number of nitrogen functional groups attached to an aromatic ring is 1. The molecule has 2 atom stereocenters. The van der Waals surface area contributed by atoms with E-state index in [2.05, 4.69) is 23.1 Å². The average molecular weight is 258 g/mol. The van der Waals surface area contributed by atoms with E-state index in [0.29, 0.717) is 0 Å². The standard InChI is InChI=1S/C17H26N2/c18-16-8-3-5-14(13-16)10-12-19-11-4-7-15-6-1-2-9-17(15)19/h3,5,8,13,15,17H,1-2,4,6-7,9-12,18H2. The van der Waals surface area contributed by atoms with Gasteiger partial charge < -0.3 is 5.73 Å². The van der Waals surface area contributed by atoms with E-state index in [1.165, 1.54) is 57.2 Å². The molecule has 1 aromatic rings. The zero-order valence-corrected chi connectivity index (χ0v) is 11.9. The number of fused-ring (bicyclic) bond motifs is 1. The quantitative estimate of drug-likeness (QED) is 0.841. The Morgan fingerprint density at radius 3 is 2.84 bits per heavy atom. The molecule has 2 heteroatoms. The fourth-order valence-electron chi connectivity index (χ4n) is 4.03. The Labute approximate surface area is 117 Å². The van der Waals surface area contributed by atoms with E-state index in [9.17, 15) is 0 Å². The van der Waals surface area contributed by atoms with Crippen LogP contribution in [0.15, 0.2) is 24.3 Å². The van der Waals surface area contributed by atoms with E-state index in [0.717, 1.165) is 24.1 Å². The number of piperidine rings is 1. The van der Waals surface area contributed by atoms with Crippen molar-refractivity contribution < 1.29 is 0 Å². The van der Waals surface area contributed by atoms with E-state index < -0.39 is 0 Å². The third-order valence-corrected chi connectivity index (χ3v) is 5.00. The molecule has 1 heterocycles. The van der Waals surface area contributed by atoms with Gasteiger partial charge in [0.15, 0.2) is 0 Å². The first-order chi connectivity index (χ1) is 9.33. The number of hydrogen-bond acceptors (Lipinski definition) is 2. The predicted octanol–water partition coefficient (Wildman–Crippen LogP) is 3.47. The molecule has 1 aromatic carbocycles. The summed E-state index contributed by atoms with van der Waals surface area (Å²) in [6.45, 7) is 2.52. The second-order valence-corrected chi connectivity index (χ2v) is 6.29. The van der Waals surface area contributed by atoms with Gasteiger partial charge in [-0.05, 0) is 62.3 Å². The fraction of sp³-hybridized carbons (Fsp3) is 0.647. The van der Waals surface area contributed by atoms with Gasteiger partial charge in [-0.3, -0.25) is 4.90 Å². The number of anilines is 1. The molecule has 19 heavy (non-hydrogen) atoms. The van der Waals surface area contributed by atoms with Crippen molar-refractivity contribution in [3.63, 3.8) is 0 Å². The molecule has 3 rings (SSSR count). The SMILES string of the molecule is Nc1cccc(CCN2CCCC3CCCCC32)c1. The lowest BCUT2D eigenvalue weighted by molar-refractivity contribution is 0.0620. The van der Waals surface area contributed by atoms with Crippen molar-refractivity contribution in [1.82, 2.24) is 4.90 Å². The summed E-state index contributed by atoms with van der Waals surface area (Å²) in [6, 6.07) is 9.26. The monoisotopic (exact) mass is 258 g/mol. The third kappa shape index (κ3) is 3.11. The van der Waals surface area contributed by atoms with Crippen LogP contribution in [0.1, 0.15) is 44.1 Å². The molecule has 1 saturated carbocycles. The normalized spacial score (nSPS) is 28.0. The molecular formula is C17H26N2. The molecule has 0 spiro atoms. The third-order valence-electron chi connectivity index (χ3n) is 5.00. The summed E-state index contributed by atoms with van der Waals surface area (Å²) < 4.78 is 0. The maximum atomic E-state index is 5.86. The van der Waals surface area contributed by atoms with Crippen molar-refractivity contribution in [3.05, 3.63) is 29.8 Å². The lowest BCUT2D eigenvalue weighted by Crippen LogP contribution is -2.47. The van der Waals surface area contributed by atoms with Crippen molar-refractivity contribution in [1.29, 1.82) is 0 Å². The molecule has 2 aliphatic rings. The molecule has 1 aliphatic carbocycles. The molecule has 0 aromatic heterocycles. The Morgan fingerprint density at radius 1 is 1.11 bits per heavy atom. The Morgan fingerprint density at radius 2 is 1.95 bits per heavy atom. The van der Waals surface area contributed by atoms with Crippen molar-refractivity contribution in [2.24, 2.45) is 5.92 Å². The van der Waals surface area contributed by atoms with Crippen LogP contribution in [0.4, 0.5) is 5.69 Å². The Kier molecular flexibility index (Phi) is 4.07. The van der Waals surface area contributed by atoms with Gasteiger partial charge in [0, 0.05) is 18.3 Å². The molecular weight excluding hydrogens is 232 g/mol. The van der Waals surface area contributed by atoms with Crippen LogP contribution in [0, 0.1) is 5.92 Å². The number of nitrogens with two attached hydrogens (primary N) is 1. The van der Waals surface area contributed by atoms with Gasteiger partial charge in [-0.25, -0.2) is 0 Å². The largest absolute Gasteiger partial charge is 0.399 e. The van der Waals surface area contributed by atoms with E-state index in [-0.39, 0.29) is 0 Å². The van der Waals surface area contributed by atoms with Crippen molar-refractivity contribution in [3.8, 4) is 0 Å². The minimum absolute atomic E-state index is 0.878. The molecule has 0 radical (unpaired) electrons. The van der Waals surface area contributed by atoms with Gasteiger partial charge in [0.2, 0.25) is 0 Å². The molecule has 1 saturated heterocycles. The van der Waals surface area contributed by atoms with E-state index in [1.807, 2.05) is 6.07 Å². The zero-order valence-electron chi connectivity index (χ0n) is 11.9. The highest BCUT2D eigenvalue weighted by molar-refractivity contribution is 5.40. The van der Waals surface area contributed by atoms with Gasteiger partial charge in [-0.1, -0.05) is 25.0 Å². The highest BCUT2D eigenvalue weighted by Crippen LogP contribution is 2.35. The van der Waals surface area contributed by atoms with E-state index >= 15 is 0 Å². The molecule has 0 bridgehead atoms. The first-order valence-electron chi connectivity index (χ1n) is 7.91. The topological polar surface area (TPSA) is 29.3 Å². The second-order valence-electron chi connectivity index (χ2n) is 6.29. The predicted molar refractivity (Wildman–Crippen MR) is 81.1 cm³/mol. The van der Waals surface area contributed by atoms with Crippen LogP contribution >= 0.6 is 0 Å². The van der Waals surface area contributed by atoms with E-state index in [1.54, 1.807) is 0 Å². The maximum absolute atomic E-state index is 5.86. The lowest BCUT2D eigenvalue weighted by atomic mass is 9.78. The smallest absolute Gasteiger partial charge is 0.0316 e. The summed E-state index contributed by atoms with van der Waals surface area (Å²) in [5, 5.41) is 0. The number of rotatable bonds is 3. The van der Waals surface area contributed by atoms with Gasteiger partial charge in [0.25, 0.3) is 0 Å². The van der Waals surface area contributed by atoms with Gasteiger partial charge in [-0.2, -0.15) is 0 Å². The number of likely N-dealkylation sites (tertiary alicyclic amines) is 1. The molecule has 1 aliphatic heterocycles. The van der Waals surface area contributed by atoms with Crippen LogP contribution in [0.3, 0.4) is 0 Å². The lowest BCUT2D eigenvalue weighted by Gasteiger charge is -2.44. The molecule has 2 fully saturated rings. The van der Waals surface area contributed by atoms with Gasteiger partial charge >= 0.3 is 0 Å². The number of benzene rings is 1. The van der Waals surface area contributed by atoms with Crippen molar-refractivity contribution >= 4 is 5.69 Å². The number of hydrogen-bond donors (Lipinski definition) is 1. The summed E-state index contributed by atoms with van der Waals surface area (Å²) in [7, 11) is 0. The van der Waals surface area contributed by atoms with Crippen molar-refractivity contribution in [2.75, 3.05) is 18.8 Å². The maximum Gasteiger partial charge on any atom is 0.0316 e. The molecule has 0 amide bonds. The highest BCUT2D eigenvalue weighted by Gasteiger charge is 2.32.